The van der Waals surface area contributed by atoms with E-state index < -0.39 is 104 Å². The number of carbonyl (C=O) groups excluding carboxylic acids is 1. The second kappa shape index (κ2) is 16.6. The smallest absolute Gasteiger partial charge is 0.336 e. The molecule has 6 aliphatic rings. The van der Waals surface area contributed by atoms with Crippen LogP contribution >= 0.6 is 0 Å². The number of rotatable bonds is 10. The van der Waals surface area contributed by atoms with E-state index >= 15 is 0 Å². The van der Waals surface area contributed by atoms with Gasteiger partial charge in [0.15, 0.2) is 6.29 Å². The van der Waals surface area contributed by atoms with E-state index in [2.05, 4.69) is 26.8 Å². The average molecular weight is 785 g/mol. The normalized spacial score (nSPS) is 48.7. The zero-order valence-corrected chi connectivity index (χ0v) is 32.6. The standard InChI is InChI=1S/C40H64O15/c1-17(18(2)36(51)55-38-35(50)33(48)31(46)28(16-42)54-38)12-26(43)19(3)23-8-9-24-22-7-6-20-13-21(52-37-34(49)32(47)30(45)27(15-41)53-37)14-29(44)40(20,5)25(22)10-11-39(23,24)4/h6,19,21-35,37-38,41-50H,7-16H2,1-5H3. The zero-order chi connectivity index (χ0) is 40.3. The highest BCUT2D eigenvalue weighted by Gasteiger charge is 2.62. The fraction of sp³-hybridized carbons (Fsp3) is 0.875. The Bertz CT molecular complexity index is 1430. The van der Waals surface area contributed by atoms with Gasteiger partial charge in [-0.15, -0.1) is 0 Å². The van der Waals surface area contributed by atoms with Crippen molar-refractivity contribution in [1.82, 2.24) is 0 Å². The zero-order valence-electron chi connectivity index (χ0n) is 32.6. The molecule has 4 aliphatic carbocycles. The first-order chi connectivity index (χ1) is 25.9. The van der Waals surface area contributed by atoms with Gasteiger partial charge in [-0.3, -0.25) is 0 Å². The number of fused-ring (bicyclic) bond motifs is 5. The average Bonchev–Trinajstić information content (AvgIpc) is 3.52. The van der Waals surface area contributed by atoms with Gasteiger partial charge in [0.05, 0.1) is 31.5 Å². The monoisotopic (exact) mass is 784 g/mol. The maximum absolute atomic E-state index is 13.0. The van der Waals surface area contributed by atoms with Gasteiger partial charge in [0.25, 0.3) is 0 Å². The number of allylic oxidation sites excluding steroid dienone is 1. The van der Waals surface area contributed by atoms with Gasteiger partial charge >= 0.3 is 5.97 Å². The van der Waals surface area contributed by atoms with Crippen LogP contribution in [0.5, 0.6) is 0 Å². The van der Waals surface area contributed by atoms with Crippen LogP contribution in [0.4, 0.5) is 0 Å². The Morgan fingerprint density at radius 2 is 1.45 bits per heavy atom. The molecule has 0 aromatic carbocycles. The molecule has 0 amide bonds. The third-order valence-electron chi connectivity index (χ3n) is 15.2. The molecule has 2 heterocycles. The molecule has 2 aliphatic heterocycles. The third-order valence-corrected chi connectivity index (χ3v) is 15.2. The van der Waals surface area contributed by atoms with Crippen LogP contribution in [0.15, 0.2) is 22.8 Å². The van der Waals surface area contributed by atoms with E-state index in [1.807, 2.05) is 0 Å². The molecule has 20 unspecified atom stereocenters. The Morgan fingerprint density at radius 1 is 0.855 bits per heavy atom. The fourth-order valence-electron chi connectivity index (χ4n) is 11.5. The van der Waals surface area contributed by atoms with Crippen molar-refractivity contribution in [3.8, 4) is 0 Å². The van der Waals surface area contributed by atoms with E-state index in [0.29, 0.717) is 30.3 Å². The molecule has 55 heavy (non-hydrogen) atoms. The Kier molecular flexibility index (Phi) is 13.0. The summed E-state index contributed by atoms with van der Waals surface area (Å²) in [4.78, 5) is 13.0. The summed E-state index contributed by atoms with van der Waals surface area (Å²) in [6, 6.07) is 0. The summed E-state index contributed by atoms with van der Waals surface area (Å²) in [5, 5.41) is 104. The lowest BCUT2D eigenvalue weighted by molar-refractivity contribution is -0.315. The highest BCUT2D eigenvalue weighted by Crippen LogP contribution is 2.67. The molecule has 6 rings (SSSR count). The minimum absolute atomic E-state index is 0.0354. The summed E-state index contributed by atoms with van der Waals surface area (Å²) >= 11 is 0. The van der Waals surface area contributed by atoms with Crippen LogP contribution in [0.3, 0.4) is 0 Å². The number of hydrogen-bond acceptors (Lipinski definition) is 15. The molecule has 0 radical (unpaired) electrons. The molecule has 3 saturated carbocycles. The van der Waals surface area contributed by atoms with Crippen LogP contribution in [-0.2, 0) is 23.7 Å². The summed E-state index contributed by atoms with van der Waals surface area (Å²) < 4.78 is 22.4. The van der Waals surface area contributed by atoms with Crippen molar-refractivity contribution in [1.29, 1.82) is 0 Å². The number of ether oxygens (including phenoxy) is 4. The van der Waals surface area contributed by atoms with E-state index in [0.717, 1.165) is 37.7 Å². The second-order valence-electron chi connectivity index (χ2n) is 17.9. The molecule has 2 saturated heterocycles. The molecule has 0 aromatic heterocycles. The summed E-state index contributed by atoms with van der Waals surface area (Å²) in [6.07, 6.45) is -8.57. The third kappa shape index (κ3) is 7.60. The van der Waals surface area contributed by atoms with Gasteiger partial charge in [-0.1, -0.05) is 38.0 Å². The molecule has 5 fully saturated rings. The molecule has 15 heteroatoms. The molecule has 20 atom stereocenters. The lowest BCUT2D eigenvalue weighted by Gasteiger charge is -2.60. The topological polar surface area (TPSA) is 256 Å². The van der Waals surface area contributed by atoms with Gasteiger partial charge in [0.2, 0.25) is 6.29 Å². The largest absolute Gasteiger partial charge is 0.429 e. The molecular formula is C40H64O15. The summed E-state index contributed by atoms with van der Waals surface area (Å²) in [7, 11) is 0. The van der Waals surface area contributed by atoms with Crippen molar-refractivity contribution in [2.45, 2.75) is 166 Å². The molecule has 0 bridgehead atoms. The SMILES string of the molecule is CC(CC(O)C(C)C1CCC2C3CC=C4CC(OC5OC(CO)C(O)C(O)C5O)CC(O)C4(C)C3CCC12C)=C(C)C(=O)OC1OC(CO)C(O)C(O)C1O. The van der Waals surface area contributed by atoms with Gasteiger partial charge < -0.3 is 70.0 Å². The first-order valence-corrected chi connectivity index (χ1v) is 20.1. The van der Waals surface area contributed by atoms with Gasteiger partial charge in [-0.05, 0) is 93.8 Å². The van der Waals surface area contributed by atoms with Crippen molar-refractivity contribution in [3.05, 3.63) is 22.8 Å². The first-order valence-electron chi connectivity index (χ1n) is 20.1. The van der Waals surface area contributed by atoms with E-state index in [4.69, 9.17) is 18.9 Å². The van der Waals surface area contributed by atoms with Crippen molar-refractivity contribution < 1.29 is 74.8 Å². The Hall–Kier alpha value is -1.57. The molecule has 15 nitrogen and oxygen atoms in total. The predicted octanol–water partition coefficient (Wildman–Crippen LogP) is -0.212. The number of esters is 1. The van der Waals surface area contributed by atoms with Crippen LogP contribution in [0, 0.1) is 40.4 Å². The van der Waals surface area contributed by atoms with Crippen molar-refractivity contribution in [2.24, 2.45) is 40.4 Å². The quantitative estimate of drug-likeness (QED) is 0.0782. The first kappa shape index (κ1) is 43.0. The molecular weight excluding hydrogens is 720 g/mol. The van der Waals surface area contributed by atoms with Gasteiger partial charge in [0, 0.05) is 17.4 Å². The van der Waals surface area contributed by atoms with E-state index in [9.17, 15) is 55.9 Å². The lowest BCUT2D eigenvalue weighted by Crippen LogP contribution is -2.60. The van der Waals surface area contributed by atoms with E-state index in [1.54, 1.807) is 13.8 Å². The van der Waals surface area contributed by atoms with Crippen molar-refractivity contribution in [3.63, 3.8) is 0 Å². The van der Waals surface area contributed by atoms with E-state index in [-0.39, 0.29) is 35.2 Å². The van der Waals surface area contributed by atoms with Gasteiger partial charge in [0.1, 0.15) is 48.8 Å². The van der Waals surface area contributed by atoms with Crippen molar-refractivity contribution in [2.75, 3.05) is 13.2 Å². The highest BCUT2D eigenvalue weighted by atomic mass is 16.7. The van der Waals surface area contributed by atoms with Gasteiger partial charge in [-0.2, -0.15) is 0 Å². The second-order valence-corrected chi connectivity index (χ2v) is 17.9. The number of hydrogen-bond donors (Lipinski definition) is 10. The van der Waals surface area contributed by atoms with Crippen molar-refractivity contribution >= 4 is 5.97 Å². The van der Waals surface area contributed by atoms with Gasteiger partial charge in [-0.25, -0.2) is 4.79 Å². The Morgan fingerprint density at radius 3 is 2.07 bits per heavy atom. The molecule has 0 spiro atoms. The number of aliphatic hydroxyl groups excluding tert-OH is 10. The highest BCUT2D eigenvalue weighted by molar-refractivity contribution is 5.88. The summed E-state index contributed by atoms with van der Waals surface area (Å²) in [5.74, 6) is 0.330. The van der Waals surface area contributed by atoms with Crippen LogP contribution < -0.4 is 0 Å². The van der Waals surface area contributed by atoms with Crippen LogP contribution in [-0.4, -0.2) is 150 Å². The molecule has 314 valence electrons. The minimum Gasteiger partial charge on any atom is -0.429 e. The number of carbonyl (C=O) groups is 1. The summed E-state index contributed by atoms with van der Waals surface area (Å²) in [6.45, 7) is 8.69. The molecule has 10 N–H and O–H groups in total. The Balaban J connectivity index is 1.09. The maximum Gasteiger partial charge on any atom is 0.336 e. The van der Waals surface area contributed by atoms with E-state index in [1.165, 1.54) is 0 Å². The molecule has 0 aromatic rings. The van der Waals surface area contributed by atoms with Crippen LogP contribution in [0.25, 0.3) is 0 Å². The van der Waals surface area contributed by atoms with Crippen LogP contribution in [0.1, 0.15) is 86.0 Å². The lowest BCUT2D eigenvalue weighted by atomic mass is 9.46. The summed E-state index contributed by atoms with van der Waals surface area (Å²) in [5.41, 5.74) is 1.45. The maximum atomic E-state index is 13.0. The predicted molar refractivity (Wildman–Crippen MR) is 193 cm³/mol. The fourth-order valence-corrected chi connectivity index (χ4v) is 11.5. The Labute approximate surface area is 322 Å². The number of aliphatic hydroxyl groups is 10. The minimum atomic E-state index is -1.71. The van der Waals surface area contributed by atoms with Crippen LogP contribution in [0.2, 0.25) is 0 Å².